The van der Waals surface area contributed by atoms with Crippen molar-refractivity contribution in [3.8, 4) is 11.5 Å². The molecule has 0 saturated heterocycles. The summed E-state index contributed by atoms with van der Waals surface area (Å²) in [7, 11) is 0. The van der Waals surface area contributed by atoms with Crippen molar-refractivity contribution >= 4 is 28.2 Å². The largest absolute Gasteiger partial charge is 0.508 e. The predicted molar refractivity (Wildman–Crippen MR) is 61.9 cm³/mol. The van der Waals surface area contributed by atoms with Gasteiger partial charge in [-0.15, -0.1) is 0 Å². The SMILES string of the molecule is C=C(C)c1c(C)c(O)cc(O)c1I. The van der Waals surface area contributed by atoms with E-state index in [1.807, 2.05) is 29.5 Å². The maximum absolute atomic E-state index is 9.45. The van der Waals surface area contributed by atoms with Gasteiger partial charge in [0.25, 0.3) is 0 Å². The lowest BCUT2D eigenvalue weighted by molar-refractivity contribution is 0.445. The van der Waals surface area contributed by atoms with Crippen LogP contribution in [0.2, 0.25) is 0 Å². The van der Waals surface area contributed by atoms with Gasteiger partial charge in [-0.25, -0.2) is 0 Å². The van der Waals surface area contributed by atoms with Crippen LogP contribution < -0.4 is 0 Å². The zero-order valence-corrected chi connectivity index (χ0v) is 9.71. The van der Waals surface area contributed by atoms with Crippen LogP contribution in [-0.2, 0) is 0 Å². The smallest absolute Gasteiger partial charge is 0.133 e. The molecule has 2 nitrogen and oxygen atoms in total. The average molecular weight is 290 g/mol. The first-order valence-electron chi connectivity index (χ1n) is 3.82. The Morgan fingerprint density at radius 3 is 2.38 bits per heavy atom. The predicted octanol–water partition coefficient (Wildman–Crippen LogP) is 3.04. The third kappa shape index (κ3) is 1.80. The maximum atomic E-state index is 9.45. The second-order valence-electron chi connectivity index (χ2n) is 3.01. The van der Waals surface area contributed by atoms with Crippen LogP contribution in [0, 0.1) is 10.5 Å². The number of rotatable bonds is 1. The van der Waals surface area contributed by atoms with Gasteiger partial charge in [-0.05, 0) is 47.6 Å². The first kappa shape index (κ1) is 10.4. The minimum absolute atomic E-state index is 0.0988. The molecule has 0 aliphatic carbocycles. The Hall–Kier alpha value is -0.710. The molecule has 0 bridgehead atoms. The molecular formula is C10H11IO2. The fraction of sp³-hybridized carbons (Fsp3) is 0.200. The molecule has 0 radical (unpaired) electrons. The van der Waals surface area contributed by atoms with Gasteiger partial charge >= 0.3 is 0 Å². The number of phenolic OH excluding ortho intramolecular Hbond substituents is 2. The summed E-state index contributed by atoms with van der Waals surface area (Å²) in [6.45, 7) is 7.46. The first-order valence-corrected chi connectivity index (χ1v) is 4.90. The number of benzene rings is 1. The quantitative estimate of drug-likeness (QED) is 0.780. The highest BCUT2D eigenvalue weighted by molar-refractivity contribution is 14.1. The zero-order chi connectivity index (χ0) is 10.2. The summed E-state index contributed by atoms with van der Waals surface area (Å²) in [5, 5.41) is 18.9. The number of halogens is 1. The molecule has 13 heavy (non-hydrogen) atoms. The van der Waals surface area contributed by atoms with Gasteiger partial charge in [0.15, 0.2) is 0 Å². The van der Waals surface area contributed by atoms with E-state index in [0.29, 0.717) is 0 Å². The summed E-state index contributed by atoms with van der Waals surface area (Å²) in [5.74, 6) is 0.206. The number of hydrogen-bond acceptors (Lipinski definition) is 2. The Morgan fingerprint density at radius 1 is 1.38 bits per heavy atom. The normalized spacial score (nSPS) is 10.1. The topological polar surface area (TPSA) is 40.5 Å². The lowest BCUT2D eigenvalue weighted by atomic mass is 10.0. The van der Waals surface area contributed by atoms with Crippen LogP contribution in [0.1, 0.15) is 18.1 Å². The molecule has 1 aromatic rings. The van der Waals surface area contributed by atoms with E-state index in [1.54, 1.807) is 6.92 Å². The van der Waals surface area contributed by atoms with Crippen LogP contribution in [0.25, 0.3) is 5.57 Å². The van der Waals surface area contributed by atoms with E-state index < -0.39 is 0 Å². The Kier molecular flexibility index (Phi) is 2.85. The molecule has 0 saturated carbocycles. The minimum atomic E-state index is 0.0988. The minimum Gasteiger partial charge on any atom is -0.508 e. The monoisotopic (exact) mass is 290 g/mol. The highest BCUT2D eigenvalue weighted by atomic mass is 127. The molecule has 0 atom stereocenters. The molecule has 0 fully saturated rings. The van der Waals surface area contributed by atoms with Crippen molar-refractivity contribution in [2.45, 2.75) is 13.8 Å². The molecule has 0 aliphatic rings. The number of phenols is 2. The molecular weight excluding hydrogens is 279 g/mol. The van der Waals surface area contributed by atoms with E-state index >= 15 is 0 Å². The fourth-order valence-corrected chi connectivity index (χ4v) is 2.25. The number of aromatic hydroxyl groups is 2. The van der Waals surface area contributed by atoms with Gasteiger partial charge in [0.1, 0.15) is 11.5 Å². The van der Waals surface area contributed by atoms with Gasteiger partial charge in [0.05, 0.1) is 3.57 Å². The lowest BCUT2D eigenvalue weighted by Gasteiger charge is -2.11. The van der Waals surface area contributed by atoms with E-state index in [4.69, 9.17) is 0 Å². The summed E-state index contributed by atoms with van der Waals surface area (Å²) < 4.78 is 0.736. The molecule has 1 aromatic carbocycles. The van der Waals surface area contributed by atoms with Gasteiger partial charge in [0, 0.05) is 11.6 Å². The summed E-state index contributed by atoms with van der Waals surface area (Å²) in [6.07, 6.45) is 0. The van der Waals surface area contributed by atoms with Crippen molar-refractivity contribution in [3.05, 3.63) is 27.3 Å². The highest BCUT2D eigenvalue weighted by Gasteiger charge is 2.12. The lowest BCUT2D eigenvalue weighted by Crippen LogP contribution is -1.91. The van der Waals surface area contributed by atoms with Crippen molar-refractivity contribution in [1.82, 2.24) is 0 Å². The fourth-order valence-electron chi connectivity index (χ4n) is 1.23. The third-order valence-electron chi connectivity index (χ3n) is 1.90. The van der Waals surface area contributed by atoms with Crippen molar-refractivity contribution < 1.29 is 10.2 Å². The van der Waals surface area contributed by atoms with Crippen LogP contribution in [-0.4, -0.2) is 10.2 Å². The Balaban J connectivity index is 3.56. The average Bonchev–Trinajstić information content (AvgIpc) is 2.01. The second kappa shape index (κ2) is 3.57. The molecule has 2 N–H and O–H groups in total. The van der Waals surface area contributed by atoms with E-state index in [9.17, 15) is 10.2 Å². The number of allylic oxidation sites excluding steroid dienone is 1. The molecule has 3 heteroatoms. The Morgan fingerprint density at radius 2 is 1.92 bits per heavy atom. The van der Waals surface area contributed by atoms with Crippen LogP contribution in [0.4, 0.5) is 0 Å². The molecule has 70 valence electrons. The van der Waals surface area contributed by atoms with E-state index in [-0.39, 0.29) is 11.5 Å². The number of hydrogen-bond donors (Lipinski definition) is 2. The van der Waals surface area contributed by atoms with Crippen molar-refractivity contribution in [1.29, 1.82) is 0 Å². The molecule has 0 aliphatic heterocycles. The van der Waals surface area contributed by atoms with Gasteiger partial charge in [-0.2, -0.15) is 0 Å². The third-order valence-corrected chi connectivity index (χ3v) is 3.00. The van der Waals surface area contributed by atoms with Gasteiger partial charge < -0.3 is 10.2 Å². The standard InChI is InChI=1S/C10H11IO2/c1-5(2)9-6(3)7(12)4-8(13)10(9)11/h4,12-13H,1H2,2-3H3. The van der Waals surface area contributed by atoms with Gasteiger partial charge in [-0.1, -0.05) is 6.58 Å². The molecule has 0 spiro atoms. The summed E-state index contributed by atoms with van der Waals surface area (Å²) >= 11 is 2.04. The summed E-state index contributed by atoms with van der Waals surface area (Å²) in [5.41, 5.74) is 2.43. The zero-order valence-electron chi connectivity index (χ0n) is 7.56. The second-order valence-corrected chi connectivity index (χ2v) is 4.09. The van der Waals surface area contributed by atoms with Crippen LogP contribution in [0.3, 0.4) is 0 Å². The Bertz CT molecular complexity index is 343. The van der Waals surface area contributed by atoms with Crippen molar-refractivity contribution in [2.75, 3.05) is 0 Å². The van der Waals surface area contributed by atoms with E-state index in [2.05, 4.69) is 6.58 Å². The van der Waals surface area contributed by atoms with E-state index in [0.717, 1.165) is 20.3 Å². The molecule has 0 unspecified atom stereocenters. The Labute approximate surface area is 91.1 Å². The summed E-state index contributed by atoms with van der Waals surface area (Å²) in [6, 6.07) is 1.35. The highest BCUT2D eigenvalue weighted by Crippen LogP contribution is 2.35. The van der Waals surface area contributed by atoms with Crippen molar-refractivity contribution in [3.63, 3.8) is 0 Å². The van der Waals surface area contributed by atoms with Crippen LogP contribution in [0.5, 0.6) is 11.5 Å². The summed E-state index contributed by atoms with van der Waals surface area (Å²) in [4.78, 5) is 0. The van der Waals surface area contributed by atoms with Crippen LogP contribution >= 0.6 is 22.6 Å². The maximum Gasteiger partial charge on any atom is 0.133 e. The van der Waals surface area contributed by atoms with Gasteiger partial charge in [-0.3, -0.25) is 0 Å². The molecule has 0 aromatic heterocycles. The molecule has 0 heterocycles. The van der Waals surface area contributed by atoms with Crippen molar-refractivity contribution in [2.24, 2.45) is 0 Å². The van der Waals surface area contributed by atoms with E-state index in [1.165, 1.54) is 6.07 Å². The first-order chi connectivity index (χ1) is 5.95. The van der Waals surface area contributed by atoms with Gasteiger partial charge in [0.2, 0.25) is 0 Å². The van der Waals surface area contributed by atoms with Crippen LogP contribution in [0.15, 0.2) is 12.6 Å². The molecule has 1 rings (SSSR count). The molecule has 0 amide bonds.